The van der Waals surface area contributed by atoms with Crippen LogP contribution < -0.4 is 10.0 Å². The predicted molar refractivity (Wildman–Crippen MR) is 83.5 cm³/mol. The number of thioether (sulfide) groups is 1. The average Bonchev–Trinajstić information content (AvgIpc) is 2.79. The molecular formula is C13H23N3O2S2. The normalized spacial score (nSPS) is 17.5. The van der Waals surface area contributed by atoms with Gasteiger partial charge < -0.3 is 9.88 Å². The monoisotopic (exact) mass is 317 g/mol. The molecule has 0 aromatic carbocycles. The van der Waals surface area contributed by atoms with Gasteiger partial charge in [-0.2, -0.15) is 11.8 Å². The minimum Gasteiger partial charge on any atom is -0.352 e. The Kier molecular flexibility index (Phi) is 5.54. The largest absolute Gasteiger partial charge is 0.352 e. The van der Waals surface area contributed by atoms with Crippen molar-refractivity contribution in [2.24, 2.45) is 7.05 Å². The van der Waals surface area contributed by atoms with Crippen LogP contribution in [0.15, 0.2) is 17.2 Å². The summed E-state index contributed by atoms with van der Waals surface area (Å²) < 4.78 is 29.5. The second-order valence-corrected chi connectivity index (χ2v) is 8.01. The number of nitrogens with one attached hydrogen (secondary N) is 2. The van der Waals surface area contributed by atoms with Crippen molar-refractivity contribution in [1.29, 1.82) is 0 Å². The van der Waals surface area contributed by atoms with Crippen LogP contribution in [0.2, 0.25) is 0 Å². The number of hydrogen-bond acceptors (Lipinski definition) is 4. The van der Waals surface area contributed by atoms with Crippen LogP contribution in [0.1, 0.15) is 25.5 Å². The van der Waals surface area contributed by atoms with Crippen LogP contribution in [-0.2, 0) is 23.6 Å². The summed E-state index contributed by atoms with van der Waals surface area (Å²) in [7, 11) is -1.52. The molecule has 0 amide bonds. The molecule has 0 radical (unpaired) electrons. The maximum Gasteiger partial charge on any atom is 0.242 e. The Hall–Kier alpha value is -0.500. The molecule has 114 valence electrons. The second kappa shape index (κ2) is 6.98. The summed E-state index contributed by atoms with van der Waals surface area (Å²) in [5.41, 5.74) is 0.978. The van der Waals surface area contributed by atoms with Crippen LogP contribution in [0.4, 0.5) is 0 Å². The Morgan fingerprint density at radius 2 is 2.10 bits per heavy atom. The molecule has 1 aliphatic heterocycles. The van der Waals surface area contributed by atoms with Gasteiger partial charge in [-0.1, -0.05) is 6.92 Å². The molecule has 0 saturated carbocycles. The summed E-state index contributed by atoms with van der Waals surface area (Å²) >= 11 is 1.89. The highest BCUT2D eigenvalue weighted by atomic mass is 32.2. The number of hydrogen-bond donors (Lipinski definition) is 2. The van der Waals surface area contributed by atoms with Crippen molar-refractivity contribution in [1.82, 2.24) is 14.6 Å². The molecule has 2 rings (SSSR count). The van der Waals surface area contributed by atoms with E-state index in [1.807, 2.05) is 30.3 Å². The smallest absolute Gasteiger partial charge is 0.242 e. The lowest BCUT2D eigenvalue weighted by Gasteiger charge is -2.21. The third kappa shape index (κ3) is 4.00. The minimum absolute atomic E-state index is 0.0821. The molecule has 1 aliphatic rings. The first kappa shape index (κ1) is 15.9. The molecule has 2 N–H and O–H groups in total. The van der Waals surface area contributed by atoms with Gasteiger partial charge in [-0.25, -0.2) is 13.1 Å². The number of aryl methyl sites for hydroxylation is 1. The number of aromatic nitrogens is 1. The highest BCUT2D eigenvalue weighted by Crippen LogP contribution is 2.20. The lowest BCUT2D eigenvalue weighted by atomic mass is 10.2. The number of nitrogens with zero attached hydrogens (tertiary/aromatic N) is 1. The van der Waals surface area contributed by atoms with Crippen LogP contribution in [-0.4, -0.2) is 37.1 Å². The van der Waals surface area contributed by atoms with Gasteiger partial charge in [-0.3, -0.25) is 0 Å². The molecule has 0 atom stereocenters. The first-order valence-electron chi connectivity index (χ1n) is 6.99. The van der Waals surface area contributed by atoms with E-state index in [0.29, 0.717) is 11.4 Å². The van der Waals surface area contributed by atoms with E-state index in [9.17, 15) is 8.42 Å². The topological polar surface area (TPSA) is 63.1 Å². The average molecular weight is 317 g/mol. The van der Waals surface area contributed by atoms with E-state index in [4.69, 9.17) is 0 Å². The zero-order chi connectivity index (χ0) is 14.6. The number of rotatable bonds is 6. The van der Waals surface area contributed by atoms with E-state index in [1.54, 1.807) is 12.3 Å². The Morgan fingerprint density at radius 3 is 2.75 bits per heavy atom. The van der Waals surface area contributed by atoms with Crippen molar-refractivity contribution in [3.8, 4) is 0 Å². The Labute approximate surface area is 125 Å². The van der Waals surface area contributed by atoms with Crippen molar-refractivity contribution < 1.29 is 8.42 Å². The molecule has 0 unspecified atom stereocenters. The quantitative estimate of drug-likeness (QED) is 0.830. The molecule has 0 aliphatic carbocycles. The molecule has 0 bridgehead atoms. The summed E-state index contributed by atoms with van der Waals surface area (Å²) in [5.74, 6) is 2.07. The van der Waals surface area contributed by atoms with Gasteiger partial charge in [-0.05, 0) is 37.0 Å². The SMILES string of the molecule is CCNCc1cc(S(=O)(=O)NC2CCSCC2)cn1C. The summed E-state index contributed by atoms with van der Waals surface area (Å²) in [5, 5.41) is 3.21. The fourth-order valence-electron chi connectivity index (χ4n) is 2.26. The van der Waals surface area contributed by atoms with Crippen LogP contribution in [0, 0.1) is 0 Å². The van der Waals surface area contributed by atoms with Crippen LogP contribution >= 0.6 is 11.8 Å². The molecular weight excluding hydrogens is 294 g/mol. The van der Waals surface area contributed by atoms with E-state index < -0.39 is 10.0 Å². The van der Waals surface area contributed by atoms with Gasteiger partial charge in [0.15, 0.2) is 0 Å². The molecule has 1 fully saturated rings. The fraction of sp³-hybridized carbons (Fsp3) is 0.692. The maximum absolute atomic E-state index is 12.4. The molecule has 1 aromatic heterocycles. The van der Waals surface area contributed by atoms with Crippen LogP contribution in [0.5, 0.6) is 0 Å². The molecule has 5 nitrogen and oxygen atoms in total. The predicted octanol–water partition coefficient (Wildman–Crippen LogP) is 1.31. The zero-order valence-corrected chi connectivity index (χ0v) is 13.7. The molecule has 20 heavy (non-hydrogen) atoms. The van der Waals surface area contributed by atoms with Gasteiger partial charge in [0, 0.05) is 31.5 Å². The van der Waals surface area contributed by atoms with Gasteiger partial charge in [0.05, 0.1) is 4.90 Å². The van der Waals surface area contributed by atoms with Crippen LogP contribution in [0.3, 0.4) is 0 Å². The van der Waals surface area contributed by atoms with E-state index in [-0.39, 0.29) is 6.04 Å². The van der Waals surface area contributed by atoms with Crippen LogP contribution in [0.25, 0.3) is 0 Å². The van der Waals surface area contributed by atoms with Crippen molar-refractivity contribution >= 4 is 21.8 Å². The third-order valence-electron chi connectivity index (χ3n) is 3.49. The number of sulfonamides is 1. The van der Waals surface area contributed by atoms with Crippen molar-refractivity contribution in [2.75, 3.05) is 18.1 Å². The van der Waals surface area contributed by atoms with Crippen molar-refractivity contribution in [3.05, 3.63) is 18.0 Å². The minimum atomic E-state index is -3.39. The molecule has 7 heteroatoms. The van der Waals surface area contributed by atoms with Gasteiger partial charge in [0.25, 0.3) is 0 Å². The molecule has 1 aromatic rings. The van der Waals surface area contributed by atoms with E-state index >= 15 is 0 Å². The summed E-state index contributed by atoms with van der Waals surface area (Å²) in [6.45, 7) is 3.58. The summed E-state index contributed by atoms with van der Waals surface area (Å²) in [6, 6.07) is 1.83. The third-order valence-corrected chi connectivity index (χ3v) is 6.03. The van der Waals surface area contributed by atoms with Crippen molar-refractivity contribution in [2.45, 2.75) is 37.2 Å². The fourth-order valence-corrected chi connectivity index (χ4v) is 4.76. The molecule has 2 heterocycles. The first-order valence-corrected chi connectivity index (χ1v) is 9.62. The van der Waals surface area contributed by atoms with Gasteiger partial charge >= 0.3 is 0 Å². The highest BCUT2D eigenvalue weighted by molar-refractivity contribution is 7.99. The Balaban J connectivity index is 2.08. The van der Waals surface area contributed by atoms with E-state index in [2.05, 4.69) is 10.0 Å². The molecule has 1 saturated heterocycles. The first-order chi connectivity index (χ1) is 9.53. The highest BCUT2D eigenvalue weighted by Gasteiger charge is 2.23. The van der Waals surface area contributed by atoms with E-state index in [1.165, 1.54) is 0 Å². The Morgan fingerprint density at radius 1 is 1.40 bits per heavy atom. The Bertz CT molecular complexity index is 534. The van der Waals surface area contributed by atoms with Gasteiger partial charge in [-0.15, -0.1) is 0 Å². The summed E-state index contributed by atoms with van der Waals surface area (Å²) in [4.78, 5) is 0.367. The maximum atomic E-state index is 12.4. The zero-order valence-electron chi connectivity index (χ0n) is 12.1. The summed E-state index contributed by atoms with van der Waals surface area (Å²) in [6.07, 6.45) is 3.52. The van der Waals surface area contributed by atoms with Gasteiger partial charge in [0.1, 0.15) is 0 Å². The lowest BCUT2D eigenvalue weighted by Crippen LogP contribution is -2.37. The van der Waals surface area contributed by atoms with Gasteiger partial charge in [0.2, 0.25) is 10.0 Å². The second-order valence-electron chi connectivity index (χ2n) is 5.07. The van der Waals surface area contributed by atoms with E-state index in [0.717, 1.165) is 36.6 Å². The van der Waals surface area contributed by atoms with Crippen molar-refractivity contribution in [3.63, 3.8) is 0 Å². The lowest BCUT2D eigenvalue weighted by molar-refractivity contribution is 0.529. The standard InChI is InChI=1S/C13H23N3O2S2/c1-3-14-9-12-8-13(10-16(12)2)20(17,18)15-11-4-6-19-7-5-11/h8,10-11,14-15H,3-7,9H2,1-2H3. The molecule has 0 spiro atoms.